The number of ether oxygens (including phenoxy) is 2. The molecule has 0 radical (unpaired) electrons. The summed E-state index contributed by atoms with van der Waals surface area (Å²) in [5, 5.41) is 11.4. The molecule has 1 aromatic carbocycles. The zero-order valence-corrected chi connectivity index (χ0v) is 14.1. The van der Waals surface area contributed by atoms with Crippen molar-refractivity contribution in [2.75, 3.05) is 19.8 Å². The summed E-state index contributed by atoms with van der Waals surface area (Å²) < 4.78 is 12.1. The molecule has 116 valence electrons. The van der Waals surface area contributed by atoms with E-state index in [2.05, 4.69) is 34.1 Å². The van der Waals surface area contributed by atoms with Crippen molar-refractivity contribution in [3.63, 3.8) is 0 Å². The lowest BCUT2D eigenvalue weighted by molar-refractivity contribution is -0.706. The minimum Gasteiger partial charge on any atom is -0.490 e. The van der Waals surface area contributed by atoms with Gasteiger partial charge in [0.2, 0.25) is 0 Å². The largest absolute Gasteiger partial charge is 0.490 e. The number of hydrogen-bond acceptors (Lipinski definition) is 3. The fraction of sp³-hybridized carbons (Fsp3) is 0.500. The first kappa shape index (κ1) is 17.8. The molecule has 0 aliphatic carbocycles. The van der Waals surface area contributed by atoms with Crippen molar-refractivity contribution in [3.05, 3.63) is 22.2 Å². The zero-order chi connectivity index (χ0) is 15.7. The van der Waals surface area contributed by atoms with Gasteiger partial charge in [-0.2, -0.15) is 0 Å². The third-order valence-corrected chi connectivity index (χ3v) is 3.89. The maximum absolute atomic E-state index is 9.25. The smallest absolute Gasteiger partial charge is 0.163 e. The minimum absolute atomic E-state index is 0.176. The molecule has 3 N–H and O–H groups in total. The molecule has 0 bridgehead atoms. The molecule has 0 amide bonds. The Hall–Kier alpha value is -1.22. The summed E-state index contributed by atoms with van der Waals surface area (Å²) in [5.74, 6) is 3.78. The van der Waals surface area contributed by atoms with Crippen LogP contribution in [-0.4, -0.2) is 31.0 Å². The predicted molar refractivity (Wildman–Crippen MR) is 86.4 cm³/mol. The van der Waals surface area contributed by atoms with Crippen molar-refractivity contribution in [2.24, 2.45) is 0 Å². The van der Waals surface area contributed by atoms with Crippen LogP contribution in [-0.2, 0) is 6.54 Å². The maximum Gasteiger partial charge on any atom is 0.163 e. The summed E-state index contributed by atoms with van der Waals surface area (Å²) in [4.78, 5) is 0. The Morgan fingerprint density at radius 3 is 2.62 bits per heavy atom. The fourth-order valence-corrected chi connectivity index (χ4v) is 2.38. The van der Waals surface area contributed by atoms with E-state index in [1.807, 2.05) is 19.1 Å². The predicted octanol–water partition coefficient (Wildman–Crippen LogP) is 1.69. The molecule has 0 spiro atoms. The summed E-state index contributed by atoms with van der Waals surface area (Å²) in [6, 6.07) is 4.05. The number of aliphatic hydroxyl groups excluding tert-OH is 1. The normalized spacial score (nSPS) is 11.8. The molecule has 0 saturated heterocycles. The standard InChI is InChI=1S/C16H22BrNO3/c1-4-7-21-16-9-14(17)12(8-15(16)20-6-3)10-18-13(5-2)11-19/h1,8-9,13,18-19H,5-7,10-11H2,2-3H3/p+1/t13-/m1/s1. The fourth-order valence-electron chi connectivity index (χ4n) is 1.90. The number of hydrogen-bond donors (Lipinski definition) is 2. The average Bonchev–Trinajstić information content (AvgIpc) is 2.49. The van der Waals surface area contributed by atoms with Crippen LogP contribution in [0.1, 0.15) is 25.8 Å². The number of rotatable bonds is 9. The van der Waals surface area contributed by atoms with Gasteiger partial charge in [0.25, 0.3) is 0 Å². The van der Waals surface area contributed by atoms with E-state index in [9.17, 15) is 5.11 Å². The second-order valence-electron chi connectivity index (χ2n) is 4.61. The van der Waals surface area contributed by atoms with Crippen LogP contribution < -0.4 is 14.8 Å². The molecule has 1 rings (SSSR count). The van der Waals surface area contributed by atoms with Crippen molar-refractivity contribution in [2.45, 2.75) is 32.9 Å². The van der Waals surface area contributed by atoms with Gasteiger partial charge in [-0.1, -0.05) is 28.8 Å². The Bertz CT molecular complexity index is 481. The molecule has 5 heteroatoms. The Morgan fingerprint density at radius 1 is 1.33 bits per heavy atom. The van der Waals surface area contributed by atoms with E-state index in [0.29, 0.717) is 18.1 Å². The molecule has 1 aromatic rings. The van der Waals surface area contributed by atoms with E-state index >= 15 is 0 Å². The molecular weight excluding hydrogens is 334 g/mol. The van der Waals surface area contributed by atoms with Gasteiger partial charge in [0.05, 0.1) is 13.2 Å². The molecule has 0 aliphatic rings. The van der Waals surface area contributed by atoms with Gasteiger partial charge in [0.15, 0.2) is 11.5 Å². The quantitative estimate of drug-likeness (QED) is 0.662. The van der Waals surface area contributed by atoms with Gasteiger partial charge in [0.1, 0.15) is 19.2 Å². The number of aliphatic hydroxyl groups is 1. The van der Waals surface area contributed by atoms with E-state index in [4.69, 9.17) is 15.9 Å². The van der Waals surface area contributed by atoms with E-state index in [0.717, 1.165) is 23.0 Å². The Labute approximate surface area is 135 Å². The monoisotopic (exact) mass is 356 g/mol. The lowest BCUT2D eigenvalue weighted by atomic mass is 10.1. The van der Waals surface area contributed by atoms with Crippen LogP contribution in [0.25, 0.3) is 0 Å². The summed E-state index contributed by atoms with van der Waals surface area (Å²) in [5.41, 5.74) is 1.10. The lowest BCUT2D eigenvalue weighted by Crippen LogP contribution is -2.89. The molecular formula is C16H23BrNO3+. The summed E-state index contributed by atoms with van der Waals surface area (Å²) >= 11 is 3.55. The first-order chi connectivity index (χ1) is 10.2. The number of quaternary nitrogens is 1. The molecule has 21 heavy (non-hydrogen) atoms. The highest BCUT2D eigenvalue weighted by Gasteiger charge is 2.14. The highest BCUT2D eigenvalue weighted by Crippen LogP contribution is 2.33. The van der Waals surface area contributed by atoms with E-state index < -0.39 is 0 Å². The van der Waals surface area contributed by atoms with Crippen LogP contribution in [0.15, 0.2) is 16.6 Å². The first-order valence-corrected chi connectivity index (χ1v) is 7.91. The van der Waals surface area contributed by atoms with Crippen LogP contribution in [0.3, 0.4) is 0 Å². The molecule has 0 fully saturated rings. The second kappa shape index (κ2) is 9.67. The molecule has 0 unspecified atom stereocenters. The van der Waals surface area contributed by atoms with Crippen LogP contribution in [0, 0.1) is 12.3 Å². The topological polar surface area (TPSA) is 55.3 Å². The minimum atomic E-state index is 0.176. The van der Waals surface area contributed by atoms with Crippen molar-refractivity contribution in [1.29, 1.82) is 0 Å². The molecule has 0 heterocycles. The molecule has 0 aliphatic heterocycles. The molecule has 4 nitrogen and oxygen atoms in total. The van der Waals surface area contributed by atoms with Crippen molar-refractivity contribution in [3.8, 4) is 23.8 Å². The zero-order valence-electron chi connectivity index (χ0n) is 12.6. The van der Waals surface area contributed by atoms with Crippen molar-refractivity contribution >= 4 is 15.9 Å². The summed E-state index contributed by atoms with van der Waals surface area (Å²) in [6.45, 7) is 5.70. The Balaban J connectivity index is 2.89. The third-order valence-electron chi connectivity index (χ3n) is 3.15. The van der Waals surface area contributed by atoms with Gasteiger partial charge in [-0.3, -0.25) is 0 Å². The van der Waals surface area contributed by atoms with Gasteiger partial charge < -0.3 is 19.9 Å². The van der Waals surface area contributed by atoms with Gasteiger partial charge in [-0.15, -0.1) is 6.42 Å². The summed E-state index contributed by atoms with van der Waals surface area (Å²) in [7, 11) is 0. The number of terminal acetylenes is 1. The highest BCUT2D eigenvalue weighted by atomic mass is 79.9. The van der Waals surface area contributed by atoms with Gasteiger partial charge in [0, 0.05) is 10.0 Å². The average molecular weight is 357 g/mol. The first-order valence-electron chi connectivity index (χ1n) is 7.11. The van der Waals surface area contributed by atoms with E-state index in [1.54, 1.807) is 0 Å². The lowest BCUT2D eigenvalue weighted by Gasteiger charge is -2.15. The van der Waals surface area contributed by atoms with E-state index in [-0.39, 0.29) is 19.3 Å². The summed E-state index contributed by atoms with van der Waals surface area (Å²) in [6.07, 6.45) is 6.15. The maximum atomic E-state index is 9.25. The molecule has 0 saturated carbocycles. The Kier molecular flexibility index (Phi) is 8.21. The number of halogens is 1. The van der Waals surface area contributed by atoms with Gasteiger partial charge >= 0.3 is 0 Å². The van der Waals surface area contributed by atoms with Crippen LogP contribution in [0.2, 0.25) is 0 Å². The van der Waals surface area contributed by atoms with Crippen LogP contribution in [0.4, 0.5) is 0 Å². The highest BCUT2D eigenvalue weighted by molar-refractivity contribution is 9.10. The van der Waals surface area contributed by atoms with Crippen LogP contribution in [0.5, 0.6) is 11.5 Å². The molecule has 0 aromatic heterocycles. The van der Waals surface area contributed by atoms with Crippen molar-refractivity contribution in [1.82, 2.24) is 0 Å². The van der Waals surface area contributed by atoms with Crippen LogP contribution >= 0.6 is 15.9 Å². The van der Waals surface area contributed by atoms with E-state index in [1.165, 1.54) is 0 Å². The number of benzene rings is 1. The SMILES string of the molecule is C#CCOc1cc(Br)c(C[NH2+][C@H](CC)CO)cc1OCC. The molecule has 1 atom stereocenters. The Morgan fingerprint density at radius 2 is 2.05 bits per heavy atom. The van der Waals surface area contributed by atoms with Gasteiger partial charge in [-0.25, -0.2) is 0 Å². The van der Waals surface area contributed by atoms with Crippen molar-refractivity contribution < 1.29 is 19.9 Å². The van der Waals surface area contributed by atoms with Gasteiger partial charge in [-0.05, 0) is 25.5 Å². The third kappa shape index (κ3) is 5.58. The number of nitrogens with two attached hydrogens (primary N) is 1. The second-order valence-corrected chi connectivity index (χ2v) is 5.46.